The molecule has 1 aromatic carbocycles. The van der Waals surface area contributed by atoms with Crippen molar-refractivity contribution in [1.29, 1.82) is 0 Å². The number of aryl methyl sites for hydroxylation is 1. The van der Waals surface area contributed by atoms with Gasteiger partial charge in [0.25, 0.3) is 0 Å². The van der Waals surface area contributed by atoms with Gasteiger partial charge in [0.1, 0.15) is 4.99 Å². The molecule has 0 bridgehead atoms. The smallest absolute Gasteiger partial charge is 0.240 e. The van der Waals surface area contributed by atoms with Crippen molar-refractivity contribution in [3.05, 3.63) is 47.8 Å². The van der Waals surface area contributed by atoms with Gasteiger partial charge in [-0.25, -0.2) is 13.1 Å². The van der Waals surface area contributed by atoms with Crippen LogP contribution in [-0.2, 0) is 16.6 Å². The lowest BCUT2D eigenvalue weighted by Crippen LogP contribution is -2.27. The van der Waals surface area contributed by atoms with E-state index in [4.69, 9.17) is 18.0 Å². The molecule has 0 atom stereocenters. The summed E-state index contributed by atoms with van der Waals surface area (Å²) in [6.45, 7) is 2.66. The van der Waals surface area contributed by atoms with Gasteiger partial charge in [-0.15, -0.1) is 0 Å². The molecule has 0 fully saturated rings. The Morgan fingerprint density at radius 1 is 1.38 bits per heavy atom. The van der Waals surface area contributed by atoms with Gasteiger partial charge in [0.15, 0.2) is 0 Å². The van der Waals surface area contributed by atoms with Crippen molar-refractivity contribution in [2.45, 2.75) is 18.4 Å². The summed E-state index contributed by atoms with van der Waals surface area (Å²) >= 11 is 4.83. The van der Waals surface area contributed by atoms with E-state index in [-0.39, 0.29) is 16.4 Å². The van der Waals surface area contributed by atoms with Gasteiger partial charge in [-0.05, 0) is 24.6 Å². The Morgan fingerprint density at radius 3 is 2.57 bits per heavy atom. The van der Waals surface area contributed by atoms with E-state index in [2.05, 4.69) is 9.82 Å². The quantitative estimate of drug-likeness (QED) is 0.767. The lowest BCUT2D eigenvalue weighted by atomic mass is 10.2. The average molecular weight is 324 g/mol. The summed E-state index contributed by atoms with van der Waals surface area (Å²) in [4.78, 5) is 0.417. The third kappa shape index (κ3) is 4.10. The Morgan fingerprint density at radius 2 is 2.05 bits per heavy atom. The molecule has 0 aliphatic rings. The molecule has 1 aromatic heterocycles. The normalized spacial score (nSPS) is 11.5. The summed E-state index contributed by atoms with van der Waals surface area (Å²) in [5, 5.41) is 4.09. The standard InChI is InChI=1S/C13H16N4O2S2/c1-10-8-15-17(9-10)7-6-16-21(18,19)12-4-2-11(3-5-12)13(14)20/h2-5,8-9,16H,6-7H2,1H3,(H2,14,20). The Kier molecular flexibility index (Phi) is 4.71. The maximum atomic E-state index is 12.1. The van der Waals surface area contributed by atoms with E-state index in [0.29, 0.717) is 12.1 Å². The van der Waals surface area contributed by atoms with Crippen LogP contribution >= 0.6 is 12.2 Å². The largest absolute Gasteiger partial charge is 0.389 e. The van der Waals surface area contributed by atoms with Gasteiger partial charge >= 0.3 is 0 Å². The summed E-state index contributed by atoms with van der Waals surface area (Å²) in [6, 6.07) is 6.14. The second-order valence-electron chi connectivity index (χ2n) is 4.57. The Bertz CT molecular complexity index is 736. The van der Waals surface area contributed by atoms with Crippen LogP contribution < -0.4 is 10.5 Å². The topological polar surface area (TPSA) is 90.0 Å². The van der Waals surface area contributed by atoms with Gasteiger partial charge < -0.3 is 5.73 Å². The molecule has 0 aliphatic heterocycles. The van der Waals surface area contributed by atoms with E-state index < -0.39 is 10.0 Å². The molecule has 0 amide bonds. The highest BCUT2D eigenvalue weighted by Crippen LogP contribution is 2.10. The second-order valence-corrected chi connectivity index (χ2v) is 6.77. The molecule has 21 heavy (non-hydrogen) atoms. The monoisotopic (exact) mass is 324 g/mol. The van der Waals surface area contributed by atoms with E-state index in [9.17, 15) is 8.42 Å². The first-order valence-corrected chi connectivity index (χ1v) is 8.16. The highest BCUT2D eigenvalue weighted by Gasteiger charge is 2.13. The summed E-state index contributed by atoms with van der Waals surface area (Å²) in [5.41, 5.74) is 7.14. The Labute approximate surface area is 129 Å². The van der Waals surface area contributed by atoms with Crippen LogP contribution in [0.4, 0.5) is 0 Å². The number of hydrogen-bond donors (Lipinski definition) is 2. The average Bonchev–Trinajstić information content (AvgIpc) is 2.84. The number of sulfonamides is 1. The molecule has 0 radical (unpaired) electrons. The molecule has 0 saturated carbocycles. The first-order chi connectivity index (χ1) is 9.88. The van der Waals surface area contributed by atoms with Crippen molar-refractivity contribution in [1.82, 2.24) is 14.5 Å². The molecular formula is C13H16N4O2S2. The number of rotatable bonds is 6. The maximum absolute atomic E-state index is 12.1. The van der Waals surface area contributed by atoms with Gasteiger partial charge in [0.05, 0.1) is 17.6 Å². The van der Waals surface area contributed by atoms with Crippen LogP contribution in [0.1, 0.15) is 11.1 Å². The minimum atomic E-state index is -3.54. The summed E-state index contributed by atoms with van der Waals surface area (Å²) in [7, 11) is -3.54. The summed E-state index contributed by atoms with van der Waals surface area (Å²) in [5.74, 6) is 0. The SMILES string of the molecule is Cc1cnn(CCNS(=O)(=O)c2ccc(C(N)=S)cc2)c1. The Balaban J connectivity index is 1.99. The first-order valence-electron chi connectivity index (χ1n) is 6.27. The van der Waals surface area contributed by atoms with Crippen molar-refractivity contribution in [3.8, 4) is 0 Å². The van der Waals surface area contributed by atoms with Crippen LogP contribution in [0, 0.1) is 6.92 Å². The van der Waals surface area contributed by atoms with E-state index in [0.717, 1.165) is 5.56 Å². The van der Waals surface area contributed by atoms with Crippen molar-refractivity contribution in [3.63, 3.8) is 0 Å². The third-order valence-electron chi connectivity index (χ3n) is 2.84. The van der Waals surface area contributed by atoms with Crippen molar-refractivity contribution in [2.24, 2.45) is 5.73 Å². The summed E-state index contributed by atoms with van der Waals surface area (Å²) in [6.07, 6.45) is 3.58. The zero-order valence-electron chi connectivity index (χ0n) is 11.5. The van der Waals surface area contributed by atoms with Crippen LogP contribution in [0.2, 0.25) is 0 Å². The van der Waals surface area contributed by atoms with E-state index >= 15 is 0 Å². The molecule has 3 N–H and O–H groups in total. The molecule has 6 nitrogen and oxygen atoms in total. The molecule has 0 saturated heterocycles. The van der Waals surface area contributed by atoms with Crippen LogP contribution in [0.25, 0.3) is 0 Å². The van der Waals surface area contributed by atoms with Gasteiger partial charge in [-0.2, -0.15) is 5.10 Å². The van der Waals surface area contributed by atoms with Crippen LogP contribution in [0.5, 0.6) is 0 Å². The van der Waals surface area contributed by atoms with E-state index in [1.165, 1.54) is 12.1 Å². The lowest BCUT2D eigenvalue weighted by molar-refractivity contribution is 0.561. The molecule has 2 aromatic rings. The van der Waals surface area contributed by atoms with Gasteiger partial charge in [0.2, 0.25) is 10.0 Å². The minimum Gasteiger partial charge on any atom is -0.389 e. The van der Waals surface area contributed by atoms with E-state index in [1.807, 2.05) is 13.1 Å². The predicted molar refractivity (Wildman–Crippen MR) is 84.5 cm³/mol. The number of nitrogens with one attached hydrogen (secondary N) is 1. The van der Waals surface area contributed by atoms with Crippen molar-refractivity contribution < 1.29 is 8.42 Å². The number of nitrogens with zero attached hydrogens (tertiary/aromatic N) is 2. The van der Waals surface area contributed by atoms with Crippen LogP contribution in [0.3, 0.4) is 0 Å². The molecule has 2 rings (SSSR count). The number of aromatic nitrogens is 2. The highest BCUT2D eigenvalue weighted by molar-refractivity contribution is 7.89. The van der Waals surface area contributed by atoms with Gasteiger partial charge in [-0.3, -0.25) is 4.68 Å². The molecular weight excluding hydrogens is 308 g/mol. The fourth-order valence-electron chi connectivity index (χ4n) is 1.77. The van der Waals surface area contributed by atoms with Crippen LogP contribution in [-0.4, -0.2) is 29.7 Å². The molecule has 1 heterocycles. The first kappa shape index (κ1) is 15.6. The highest BCUT2D eigenvalue weighted by atomic mass is 32.2. The molecule has 112 valence electrons. The fourth-order valence-corrected chi connectivity index (χ4v) is 2.92. The second kappa shape index (κ2) is 6.33. The Hall–Kier alpha value is -1.77. The number of hydrogen-bond acceptors (Lipinski definition) is 4. The molecule has 0 aliphatic carbocycles. The zero-order valence-corrected chi connectivity index (χ0v) is 13.1. The molecule has 0 unspecified atom stereocenters. The summed E-state index contributed by atoms with van der Waals surface area (Å²) < 4.78 is 28.4. The van der Waals surface area contributed by atoms with Crippen molar-refractivity contribution in [2.75, 3.05) is 6.54 Å². The minimum absolute atomic E-state index is 0.180. The molecule has 0 spiro atoms. The van der Waals surface area contributed by atoms with Crippen molar-refractivity contribution >= 4 is 27.2 Å². The van der Waals surface area contributed by atoms with Crippen LogP contribution in [0.15, 0.2) is 41.6 Å². The predicted octanol–water partition coefficient (Wildman–Crippen LogP) is 0.804. The van der Waals surface area contributed by atoms with Gasteiger partial charge in [-0.1, -0.05) is 24.4 Å². The number of thiocarbonyl (C=S) groups is 1. The maximum Gasteiger partial charge on any atom is 0.240 e. The lowest BCUT2D eigenvalue weighted by Gasteiger charge is -2.07. The van der Waals surface area contributed by atoms with Gasteiger partial charge in [0, 0.05) is 18.3 Å². The third-order valence-corrected chi connectivity index (χ3v) is 4.56. The number of nitrogens with two attached hydrogens (primary N) is 1. The zero-order chi connectivity index (χ0) is 15.5. The molecule has 8 heteroatoms. The fraction of sp³-hybridized carbons (Fsp3) is 0.231. The number of benzene rings is 1. The van der Waals surface area contributed by atoms with E-state index in [1.54, 1.807) is 23.0 Å².